The number of ether oxygens (including phenoxy) is 1. The average Bonchev–Trinajstić information content (AvgIpc) is 2.94. The minimum atomic E-state index is -0.585. The van der Waals surface area contributed by atoms with Gasteiger partial charge in [0.15, 0.2) is 5.69 Å². The van der Waals surface area contributed by atoms with E-state index in [2.05, 4.69) is 4.98 Å². The molecule has 1 aromatic heterocycles. The molecule has 1 amide bonds. The average molecular weight is 287 g/mol. The van der Waals surface area contributed by atoms with E-state index >= 15 is 0 Å². The van der Waals surface area contributed by atoms with Crippen molar-refractivity contribution in [1.82, 2.24) is 4.98 Å². The van der Waals surface area contributed by atoms with Crippen molar-refractivity contribution in [3.8, 4) is 11.5 Å². The number of amides is 1. The second-order valence-corrected chi connectivity index (χ2v) is 5.00. The topological polar surface area (TPSA) is 81.6 Å². The Hall–Kier alpha value is -2.34. The number of hydrogen-bond acceptors (Lipinski definition) is 5. The highest BCUT2D eigenvalue weighted by molar-refractivity contribution is 5.96. The SMILES string of the molecule is Cc1ccc(-c2nc(C(N)=O)c(N3CCOCC3)o2)cc1. The van der Waals surface area contributed by atoms with Crippen molar-refractivity contribution in [3.05, 3.63) is 35.5 Å². The lowest BCUT2D eigenvalue weighted by molar-refractivity contribution is 0.0993. The van der Waals surface area contributed by atoms with Gasteiger partial charge in [-0.25, -0.2) is 4.98 Å². The zero-order valence-corrected chi connectivity index (χ0v) is 11.8. The predicted molar refractivity (Wildman–Crippen MR) is 78.2 cm³/mol. The van der Waals surface area contributed by atoms with E-state index in [1.807, 2.05) is 36.1 Å². The van der Waals surface area contributed by atoms with Crippen LogP contribution in [0.5, 0.6) is 0 Å². The number of hydrogen-bond donors (Lipinski definition) is 1. The van der Waals surface area contributed by atoms with Crippen LogP contribution in [0.2, 0.25) is 0 Å². The van der Waals surface area contributed by atoms with Crippen molar-refractivity contribution in [2.45, 2.75) is 6.92 Å². The van der Waals surface area contributed by atoms with Gasteiger partial charge >= 0.3 is 0 Å². The van der Waals surface area contributed by atoms with E-state index in [1.165, 1.54) is 0 Å². The van der Waals surface area contributed by atoms with Crippen molar-refractivity contribution >= 4 is 11.8 Å². The molecule has 0 unspecified atom stereocenters. The Morgan fingerprint density at radius 2 is 1.90 bits per heavy atom. The Morgan fingerprint density at radius 3 is 2.52 bits per heavy atom. The molecule has 110 valence electrons. The second kappa shape index (κ2) is 5.57. The number of rotatable bonds is 3. The molecule has 1 saturated heterocycles. The number of oxazole rings is 1. The lowest BCUT2D eigenvalue weighted by Crippen LogP contribution is -2.37. The van der Waals surface area contributed by atoms with Crippen LogP contribution in [-0.2, 0) is 4.74 Å². The minimum absolute atomic E-state index is 0.174. The van der Waals surface area contributed by atoms with Gasteiger partial charge in [-0.2, -0.15) is 0 Å². The number of primary amides is 1. The van der Waals surface area contributed by atoms with Gasteiger partial charge in [-0.3, -0.25) is 4.79 Å². The molecule has 1 aliphatic heterocycles. The van der Waals surface area contributed by atoms with E-state index in [9.17, 15) is 4.79 Å². The quantitative estimate of drug-likeness (QED) is 0.927. The summed E-state index contributed by atoms with van der Waals surface area (Å²) in [5.74, 6) is 0.255. The molecular formula is C15H17N3O3. The summed E-state index contributed by atoms with van der Waals surface area (Å²) in [5, 5.41) is 0. The number of nitrogens with two attached hydrogens (primary N) is 1. The summed E-state index contributed by atoms with van der Waals surface area (Å²) in [6, 6.07) is 7.76. The van der Waals surface area contributed by atoms with Crippen LogP contribution in [0.1, 0.15) is 16.1 Å². The maximum Gasteiger partial charge on any atom is 0.273 e. The third-order valence-electron chi connectivity index (χ3n) is 3.44. The fraction of sp³-hybridized carbons (Fsp3) is 0.333. The minimum Gasteiger partial charge on any atom is -0.420 e. The van der Waals surface area contributed by atoms with E-state index in [0.717, 1.165) is 11.1 Å². The molecule has 1 fully saturated rings. The molecule has 0 radical (unpaired) electrons. The van der Waals surface area contributed by atoms with Gasteiger partial charge in [0, 0.05) is 18.7 Å². The zero-order valence-electron chi connectivity index (χ0n) is 11.8. The molecule has 0 bridgehead atoms. The zero-order chi connectivity index (χ0) is 14.8. The van der Waals surface area contributed by atoms with Crippen LogP contribution in [0.25, 0.3) is 11.5 Å². The first-order chi connectivity index (χ1) is 10.1. The van der Waals surface area contributed by atoms with Crippen molar-refractivity contribution < 1.29 is 13.9 Å². The van der Waals surface area contributed by atoms with Crippen LogP contribution in [0.4, 0.5) is 5.88 Å². The molecule has 3 rings (SSSR count). The van der Waals surface area contributed by atoms with Crippen LogP contribution >= 0.6 is 0 Å². The molecule has 2 aromatic rings. The number of carbonyl (C=O) groups excluding carboxylic acids is 1. The fourth-order valence-corrected chi connectivity index (χ4v) is 2.27. The predicted octanol–water partition coefficient (Wildman–Crippen LogP) is 1.59. The molecular weight excluding hydrogens is 270 g/mol. The third kappa shape index (κ3) is 2.75. The van der Waals surface area contributed by atoms with Gasteiger partial charge in [-0.1, -0.05) is 17.7 Å². The maximum atomic E-state index is 11.6. The first-order valence-electron chi connectivity index (χ1n) is 6.85. The van der Waals surface area contributed by atoms with Gasteiger partial charge < -0.3 is 19.8 Å². The lowest BCUT2D eigenvalue weighted by atomic mass is 10.1. The number of carbonyl (C=O) groups is 1. The normalized spacial score (nSPS) is 15.2. The number of aromatic nitrogens is 1. The molecule has 21 heavy (non-hydrogen) atoms. The molecule has 2 heterocycles. The van der Waals surface area contributed by atoms with Crippen molar-refractivity contribution in [3.63, 3.8) is 0 Å². The van der Waals surface area contributed by atoms with E-state index < -0.39 is 5.91 Å². The Morgan fingerprint density at radius 1 is 1.24 bits per heavy atom. The molecule has 1 aromatic carbocycles. The number of anilines is 1. The van der Waals surface area contributed by atoms with Gasteiger partial charge in [0.1, 0.15) is 0 Å². The summed E-state index contributed by atoms with van der Waals surface area (Å²) < 4.78 is 11.1. The number of benzene rings is 1. The second-order valence-electron chi connectivity index (χ2n) is 5.00. The van der Waals surface area contributed by atoms with Gasteiger partial charge in [-0.05, 0) is 19.1 Å². The smallest absolute Gasteiger partial charge is 0.273 e. The van der Waals surface area contributed by atoms with Crippen molar-refractivity contribution in [2.75, 3.05) is 31.2 Å². The Balaban J connectivity index is 1.99. The number of nitrogens with zero attached hydrogens (tertiary/aromatic N) is 2. The van der Waals surface area contributed by atoms with E-state index in [0.29, 0.717) is 38.1 Å². The van der Waals surface area contributed by atoms with Gasteiger partial charge in [0.25, 0.3) is 5.91 Å². The molecule has 0 atom stereocenters. The standard InChI is InChI=1S/C15H17N3O3/c1-10-2-4-11(5-3-10)14-17-12(13(16)19)15(21-14)18-6-8-20-9-7-18/h2-5H,6-9H2,1H3,(H2,16,19). The molecule has 0 aliphatic carbocycles. The monoisotopic (exact) mass is 287 g/mol. The summed E-state index contributed by atoms with van der Waals surface area (Å²) in [5.41, 5.74) is 7.56. The fourth-order valence-electron chi connectivity index (χ4n) is 2.27. The molecule has 0 spiro atoms. The molecule has 6 heteroatoms. The Kier molecular flexibility index (Phi) is 3.62. The van der Waals surface area contributed by atoms with Crippen molar-refractivity contribution in [2.24, 2.45) is 5.73 Å². The summed E-state index contributed by atoms with van der Waals surface area (Å²) in [6.07, 6.45) is 0. The molecule has 6 nitrogen and oxygen atoms in total. The Labute approximate surface area is 122 Å². The van der Waals surface area contributed by atoms with E-state index in [4.69, 9.17) is 14.9 Å². The largest absolute Gasteiger partial charge is 0.420 e. The number of aryl methyl sites for hydroxylation is 1. The highest BCUT2D eigenvalue weighted by Crippen LogP contribution is 2.29. The van der Waals surface area contributed by atoms with E-state index in [1.54, 1.807) is 0 Å². The number of morpholine rings is 1. The van der Waals surface area contributed by atoms with Crippen LogP contribution in [0, 0.1) is 6.92 Å². The summed E-state index contributed by atoms with van der Waals surface area (Å²) >= 11 is 0. The maximum absolute atomic E-state index is 11.6. The summed E-state index contributed by atoms with van der Waals surface area (Å²) in [4.78, 5) is 17.8. The van der Waals surface area contributed by atoms with Crippen LogP contribution in [0.15, 0.2) is 28.7 Å². The summed E-state index contributed by atoms with van der Waals surface area (Å²) in [6.45, 7) is 4.51. The Bertz CT molecular complexity index is 643. The van der Waals surface area contributed by atoms with Crippen LogP contribution in [-0.4, -0.2) is 37.2 Å². The van der Waals surface area contributed by atoms with Crippen LogP contribution < -0.4 is 10.6 Å². The van der Waals surface area contributed by atoms with Gasteiger partial charge in [0.2, 0.25) is 11.8 Å². The summed E-state index contributed by atoms with van der Waals surface area (Å²) in [7, 11) is 0. The molecule has 0 saturated carbocycles. The molecule has 1 aliphatic rings. The molecule has 2 N–H and O–H groups in total. The highest BCUT2D eigenvalue weighted by atomic mass is 16.5. The van der Waals surface area contributed by atoms with Crippen molar-refractivity contribution in [1.29, 1.82) is 0 Å². The van der Waals surface area contributed by atoms with Gasteiger partial charge in [0.05, 0.1) is 13.2 Å². The lowest BCUT2D eigenvalue weighted by Gasteiger charge is -2.26. The first kappa shape index (κ1) is 13.6. The van der Waals surface area contributed by atoms with E-state index in [-0.39, 0.29) is 5.69 Å². The third-order valence-corrected chi connectivity index (χ3v) is 3.44. The van der Waals surface area contributed by atoms with Gasteiger partial charge in [-0.15, -0.1) is 0 Å². The highest BCUT2D eigenvalue weighted by Gasteiger charge is 2.25. The van der Waals surface area contributed by atoms with Crippen LogP contribution in [0.3, 0.4) is 0 Å². The first-order valence-corrected chi connectivity index (χ1v) is 6.85.